The fourth-order valence-electron chi connectivity index (χ4n) is 12.9. The molecule has 0 amide bonds. The Morgan fingerprint density at radius 2 is 0.851 bits per heavy atom. The fraction of sp³-hybridized carbons (Fsp3) is 0.0769. The molecular formula is C65H45NO. The van der Waals surface area contributed by atoms with E-state index in [-0.39, 0.29) is 5.41 Å². The molecule has 0 radical (unpaired) electrons. The molecule has 0 spiro atoms. The third kappa shape index (κ3) is 4.94. The van der Waals surface area contributed by atoms with E-state index < -0.39 is 10.8 Å². The van der Waals surface area contributed by atoms with Crippen LogP contribution in [0.5, 0.6) is 0 Å². The van der Waals surface area contributed by atoms with Crippen molar-refractivity contribution in [3.05, 3.63) is 292 Å². The van der Waals surface area contributed by atoms with Crippen LogP contribution in [0.4, 0.5) is 17.1 Å². The minimum Gasteiger partial charge on any atom is -0.454 e. The first-order valence-corrected chi connectivity index (χ1v) is 23.5. The Morgan fingerprint density at radius 1 is 0.343 bits per heavy atom. The highest BCUT2D eigenvalue weighted by Gasteiger charge is 2.57. The van der Waals surface area contributed by atoms with Gasteiger partial charge in [-0.3, -0.25) is 0 Å². The highest BCUT2D eigenvalue weighted by molar-refractivity contribution is 6.10. The third-order valence-electron chi connectivity index (χ3n) is 15.6. The molecule has 0 bridgehead atoms. The smallest absolute Gasteiger partial charge is 0.159 e. The van der Waals surface area contributed by atoms with Gasteiger partial charge in [-0.1, -0.05) is 214 Å². The second-order valence-corrected chi connectivity index (χ2v) is 19.1. The summed E-state index contributed by atoms with van der Waals surface area (Å²) in [7, 11) is 0. The maximum Gasteiger partial charge on any atom is 0.159 e. The van der Waals surface area contributed by atoms with Crippen LogP contribution in [0.15, 0.2) is 241 Å². The van der Waals surface area contributed by atoms with Gasteiger partial charge in [0.05, 0.1) is 16.5 Å². The largest absolute Gasteiger partial charge is 0.454 e. The number of furan rings is 1. The van der Waals surface area contributed by atoms with Crippen LogP contribution in [0, 0.1) is 0 Å². The summed E-state index contributed by atoms with van der Waals surface area (Å²) >= 11 is 0. The zero-order chi connectivity index (χ0) is 44.5. The molecule has 0 saturated carbocycles. The highest BCUT2D eigenvalue weighted by atomic mass is 16.3. The lowest BCUT2D eigenvalue weighted by Crippen LogP contribution is -2.44. The van der Waals surface area contributed by atoms with Crippen LogP contribution in [-0.2, 0) is 16.2 Å². The molecule has 2 unspecified atom stereocenters. The number of nitrogens with zero attached hydrogens (tertiary/aromatic N) is 1. The van der Waals surface area contributed by atoms with Crippen molar-refractivity contribution < 1.29 is 4.42 Å². The molecule has 316 valence electrons. The van der Waals surface area contributed by atoms with Crippen molar-refractivity contribution in [2.75, 3.05) is 4.90 Å². The van der Waals surface area contributed by atoms with Gasteiger partial charge in [-0.15, -0.1) is 0 Å². The van der Waals surface area contributed by atoms with Gasteiger partial charge in [-0.05, 0) is 114 Å². The van der Waals surface area contributed by atoms with Crippen molar-refractivity contribution in [2.45, 2.75) is 30.1 Å². The SMILES string of the molecule is CC1(C)c2ccccc2-c2ccc(N(c3ccc(C4(c5ccccc5)c5ccccc5C5(c6ccccc6)c6ccccc6-c6cccc4c65)cc3)c3cccc4c3oc3ccccc34)cc21. The summed E-state index contributed by atoms with van der Waals surface area (Å²) in [5, 5.41) is 2.22. The second-order valence-electron chi connectivity index (χ2n) is 19.1. The molecule has 0 aliphatic heterocycles. The number of rotatable bonds is 6. The Kier molecular flexibility index (Phi) is 7.91. The lowest BCUT2D eigenvalue weighted by Gasteiger charge is -2.49. The van der Waals surface area contributed by atoms with E-state index >= 15 is 0 Å². The van der Waals surface area contributed by atoms with Gasteiger partial charge < -0.3 is 9.32 Å². The standard InChI is InChI=1S/C65H45NO/c1-63(2)53-28-12-9-23-47(53)49-40-39-46(41-58(49)63)66(59-33-18-27-52-50-25-11-16-34-60(50)67-62(52)59)45-37-35-44(36-38-45)64(42-19-5-3-6-20-42)55-30-14-15-31-56(55)65(43-21-7-4-8-22-43)54-29-13-10-24-48(54)51-26-17-32-57(64)61(51)65/h3-41H,1-2H3. The van der Waals surface area contributed by atoms with E-state index in [1.807, 2.05) is 0 Å². The summed E-state index contributed by atoms with van der Waals surface area (Å²) in [5.41, 5.74) is 21.9. The van der Waals surface area contributed by atoms with Crippen LogP contribution in [-0.4, -0.2) is 0 Å². The molecule has 14 rings (SSSR count). The molecular weight excluding hydrogens is 811 g/mol. The molecule has 2 nitrogen and oxygen atoms in total. The fourth-order valence-corrected chi connectivity index (χ4v) is 12.9. The average molecular weight is 856 g/mol. The number of benzene rings is 10. The summed E-state index contributed by atoms with van der Waals surface area (Å²) in [6.45, 7) is 4.72. The van der Waals surface area contributed by atoms with Gasteiger partial charge in [0.1, 0.15) is 5.58 Å². The minimum absolute atomic E-state index is 0.163. The normalized spacial score (nSPS) is 17.9. The predicted molar refractivity (Wildman–Crippen MR) is 275 cm³/mol. The molecule has 0 N–H and O–H groups in total. The number of hydrogen-bond donors (Lipinski definition) is 0. The first-order valence-electron chi connectivity index (χ1n) is 23.5. The van der Waals surface area contributed by atoms with Gasteiger partial charge in [0.2, 0.25) is 0 Å². The molecule has 1 heterocycles. The molecule has 0 fully saturated rings. The quantitative estimate of drug-likeness (QED) is 0.166. The Hall–Kier alpha value is -8.20. The molecule has 3 aliphatic carbocycles. The van der Waals surface area contributed by atoms with Crippen LogP contribution in [0.3, 0.4) is 0 Å². The van der Waals surface area contributed by atoms with Crippen molar-refractivity contribution >= 4 is 39.0 Å². The maximum atomic E-state index is 6.82. The van der Waals surface area contributed by atoms with E-state index in [9.17, 15) is 0 Å². The molecule has 0 saturated heterocycles. The van der Waals surface area contributed by atoms with Crippen LogP contribution < -0.4 is 4.90 Å². The molecule has 2 atom stereocenters. The maximum absolute atomic E-state index is 6.82. The monoisotopic (exact) mass is 855 g/mol. The molecule has 3 aliphatic rings. The Labute approximate surface area is 391 Å². The lowest BCUT2D eigenvalue weighted by molar-refractivity contribution is 0.626. The zero-order valence-electron chi connectivity index (χ0n) is 37.4. The van der Waals surface area contributed by atoms with E-state index in [1.165, 1.54) is 77.9 Å². The summed E-state index contributed by atoms with van der Waals surface area (Å²) < 4.78 is 6.82. The van der Waals surface area contributed by atoms with Crippen LogP contribution in [0.1, 0.15) is 69.5 Å². The van der Waals surface area contributed by atoms with Crippen molar-refractivity contribution in [3.63, 3.8) is 0 Å². The van der Waals surface area contributed by atoms with E-state index in [4.69, 9.17) is 4.42 Å². The highest BCUT2D eigenvalue weighted by Crippen LogP contribution is 2.66. The van der Waals surface area contributed by atoms with Gasteiger partial charge in [0, 0.05) is 27.6 Å². The van der Waals surface area contributed by atoms with Crippen LogP contribution >= 0.6 is 0 Å². The van der Waals surface area contributed by atoms with Crippen molar-refractivity contribution in [1.29, 1.82) is 0 Å². The molecule has 10 aromatic carbocycles. The van der Waals surface area contributed by atoms with Crippen molar-refractivity contribution in [3.8, 4) is 22.3 Å². The molecule has 11 aromatic rings. The van der Waals surface area contributed by atoms with Gasteiger partial charge in [-0.25, -0.2) is 0 Å². The van der Waals surface area contributed by atoms with Gasteiger partial charge in [0.25, 0.3) is 0 Å². The van der Waals surface area contributed by atoms with E-state index in [1.54, 1.807) is 0 Å². The minimum atomic E-state index is -0.644. The van der Waals surface area contributed by atoms with E-state index in [0.717, 1.165) is 39.0 Å². The van der Waals surface area contributed by atoms with E-state index in [2.05, 4.69) is 255 Å². The van der Waals surface area contributed by atoms with Crippen molar-refractivity contribution in [2.24, 2.45) is 0 Å². The average Bonchev–Trinajstić information content (AvgIpc) is 4.00. The zero-order valence-corrected chi connectivity index (χ0v) is 37.4. The Morgan fingerprint density at radius 3 is 1.60 bits per heavy atom. The van der Waals surface area contributed by atoms with E-state index in [0.29, 0.717) is 0 Å². The number of para-hydroxylation sites is 2. The molecule has 1 aromatic heterocycles. The third-order valence-corrected chi connectivity index (χ3v) is 15.6. The first kappa shape index (κ1) is 38.1. The van der Waals surface area contributed by atoms with Crippen LogP contribution in [0.25, 0.3) is 44.2 Å². The lowest BCUT2D eigenvalue weighted by atomic mass is 9.52. The number of fused-ring (bicyclic) bond motifs is 11. The van der Waals surface area contributed by atoms with Gasteiger partial charge >= 0.3 is 0 Å². The summed E-state index contributed by atoms with van der Waals surface area (Å²) in [5.74, 6) is 0. The molecule has 2 heteroatoms. The van der Waals surface area contributed by atoms with Gasteiger partial charge in [-0.2, -0.15) is 0 Å². The second kappa shape index (κ2) is 13.9. The topological polar surface area (TPSA) is 16.4 Å². The van der Waals surface area contributed by atoms with Crippen molar-refractivity contribution in [1.82, 2.24) is 0 Å². The molecule has 67 heavy (non-hydrogen) atoms. The first-order chi connectivity index (χ1) is 33.0. The predicted octanol–water partition coefficient (Wildman–Crippen LogP) is 16.4. The summed E-state index contributed by atoms with van der Waals surface area (Å²) in [6, 6.07) is 88.2. The van der Waals surface area contributed by atoms with Crippen LogP contribution in [0.2, 0.25) is 0 Å². The number of anilines is 3. The summed E-state index contributed by atoms with van der Waals surface area (Å²) in [4.78, 5) is 2.41. The van der Waals surface area contributed by atoms with Gasteiger partial charge in [0.15, 0.2) is 5.58 Å². The summed E-state index contributed by atoms with van der Waals surface area (Å²) in [6.07, 6.45) is 0. The Balaban J connectivity index is 1.03. The number of hydrogen-bond acceptors (Lipinski definition) is 2. The Bertz CT molecular complexity index is 3790.